The Labute approximate surface area is 121 Å². The van der Waals surface area contributed by atoms with Crippen LogP contribution in [0, 0.1) is 5.92 Å². The molecule has 0 atom stereocenters. The number of rotatable bonds is 3. The molecule has 0 heterocycles. The number of aldehydes is 1. The summed E-state index contributed by atoms with van der Waals surface area (Å²) in [6.07, 6.45) is 8.10. The van der Waals surface area contributed by atoms with Crippen LogP contribution in [0.5, 0.6) is 0 Å². The fourth-order valence-corrected chi connectivity index (χ4v) is 1.06. The van der Waals surface area contributed by atoms with E-state index < -0.39 is 5.79 Å². The molecule has 0 aromatic heterocycles. The van der Waals surface area contributed by atoms with Crippen LogP contribution in [0.2, 0.25) is 0 Å². The normalized spacial score (nSPS) is 13.3. The number of methoxy groups -OCH3 is 2. The molecule has 1 rings (SSSR count). The summed E-state index contributed by atoms with van der Waals surface area (Å²) in [6.45, 7) is 12.0. The summed E-state index contributed by atoms with van der Waals surface area (Å²) < 4.78 is 9.29. The standard InChI is InChI=1S/C5H10O3.C5H10.C4H10.C2H6/c1-5(4-6,7-2)8-3;1-2-4-5-3-1;1-4(2)3;1-2/h4H,1-3H3;1-5H2;4H,1-3H3;1-2H3. The van der Waals surface area contributed by atoms with Gasteiger partial charge in [-0.1, -0.05) is 66.7 Å². The van der Waals surface area contributed by atoms with Crippen molar-refractivity contribution in [2.45, 2.75) is 79.4 Å². The van der Waals surface area contributed by atoms with Gasteiger partial charge in [0.25, 0.3) is 0 Å². The molecular formula is C16H36O3. The monoisotopic (exact) mass is 276 g/mol. The molecule has 1 aliphatic carbocycles. The SMILES string of the molecule is C1CCCC1.CC.CC(C)C.COC(C)(C=O)OC. The topological polar surface area (TPSA) is 35.5 Å². The molecule has 0 unspecified atom stereocenters. The Kier molecular flexibility index (Phi) is 21.9. The molecule has 118 valence electrons. The summed E-state index contributed by atoms with van der Waals surface area (Å²) in [4.78, 5) is 10.0. The van der Waals surface area contributed by atoms with Gasteiger partial charge in [-0.05, 0) is 12.8 Å². The lowest BCUT2D eigenvalue weighted by Crippen LogP contribution is -2.30. The average Bonchev–Trinajstić information content (AvgIpc) is 2.99. The third-order valence-electron chi connectivity index (χ3n) is 2.27. The van der Waals surface area contributed by atoms with Crippen LogP contribution in [-0.2, 0) is 14.3 Å². The van der Waals surface area contributed by atoms with Crippen LogP contribution >= 0.6 is 0 Å². The van der Waals surface area contributed by atoms with E-state index in [0.29, 0.717) is 6.29 Å². The van der Waals surface area contributed by atoms with Crippen molar-refractivity contribution in [3.63, 3.8) is 0 Å². The van der Waals surface area contributed by atoms with Gasteiger partial charge in [-0.25, -0.2) is 0 Å². The Hall–Kier alpha value is -0.410. The molecular weight excluding hydrogens is 240 g/mol. The second-order valence-electron chi connectivity index (χ2n) is 5.04. The van der Waals surface area contributed by atoms with Crippen molar-refractivity contribution in [2.24, 2.45) is 5.92 Å². The van der Waals surface area contributed by atoms with E-state index in [1.807, 2.05) is 13.8 Å². The van der Waals surface area contributed by atoms with Gasteiger partial charge in [0, 0.05) is 14.2 Å². The number of hydrogen-bond acceptors (Lipinski definition) is 3. The molecule has 0 saturated heterocycles. The zero-order chi connectivity index (χ0) is 15.7. The first-order chi connectivity index (χ1) is 8.91. The van der Waals surface area contributed by atoms with Crippen LogP contribution in [0.1, 0.15) is 73.6 Å². The highest BCUT2D eigenvalue weighted by atomic mass is 16.7. The van der Waals surface area contributed by atoms with Crippen LogP contribution in [0.3, 0.4) is 0 Å². The molecule has 0 aromatic rings. The van der Waals surface area contributed by atoms with Crippen LogP contribution in [0.25, 0.3) is 0 Å². The van der Waals surface area contributed by atoms with E-state index in [2.05, 4.69) is 30.2 Å². The number of carbonyl (C=O) groups is 1. The van der Waals surface area contributed by atoms with E-state index in [1.165, 1.54) is 46.3 Å². The van der Waals surface area contributed by atoms with E-state index in [9.17, 15) is 4.79 Å². The molecule has 1 fully saturated rings. The number of carbonyl (C=O) groups excluding carboxylic acids is 1. The zero-order valence-electron chi connectivity index (χ0n) is 14.4. The van der Waals surface area contributed by atoms with Crippen LogP contribution in [0.15, 0.2) is 0 Å². The van der Waals surface area contributed by atoms with Gasteiger partial charge in [-0.3, -0.25) is 4.79 Å². The highest BCUT2D eigenvalue weighted by molar-refractivity contribution is 5.59. The van der Waals surface area contributed by atoms with Gasteiger partial charge in [0.2, 0.25) is 5.79 Å². The van der Waals surface area contributed by atoms with E-state index >= 15 is 0 Å². The Morgan fingerprint density at radius 3 is 1.16 bits per heavy atom. The van der Waals surface area contributed by atoms with Crippen molar-refractivity contribution in [1.82, 2.24) is 0 Å². The van der Waals surface area contributed by atoms with E-state index in [4.69, 9.17) is 0 Å². The highest BCUT2D eigenvalue weighted by Crippen LogP contribution is 2.15. The third kappa shape index (κ3) is 23.1. The lowest BCUT2D eigenvalue weighted by Gasteiger charge is -2.17. The molecule has 0 spiro atoms. The van der Waals surface area contributed by atoms with Crippen LogP contribution in [0.4, 0.5) is 0 Å². The van der Waals surface area contributed by atoms with E-state index in [1.54, 1.807) is 6.92 Å². The van der Waals surface area contributed by atoms with Crippen molar-refractivity contribution in [1.29, 1.82) is 0 Å². The van der Waals surface area contributed by atoms with Gasteiger partial charge >= 0.3 is 0 Å². The van der Waals surface area contributed by atoms with Crippen molar-refractivity contribution in [3.8, 4) is 0 Å². The fourth-order valence-electron chi connectivity index (χ4n) is 1.06. The lowest BCUT2D eigenvalue weighted by molar-refractivity contribution is -0.186. The molecule has 1 aliphatic rings. The second kappa shape index (κ2) is 17.6. The molecule has 3 nitrogen and oxygen atoms in total. The van der Waals surface area contributed by atoms with Crippen molar-refractivity contribution >= 4 is 6.29 Å². The van der Waals surface area contributed by atoms with Gasteiger partial charge in [0.1, 0.15) is 0 Å². The smallest absolute Gasteiger partial charge is 0.222 e. The van der Waals surface area contributed by atoms with Crippen molar-refractivity contribution in [3.05, 3.63) is 0 Å². The molecule has 0 aromatic carbocycles. The first-order valence-electron chi connectivity index (χ1n) is 7.48. The summed E-state index contributed by atoms with van der Waals surface area (Å²) >= 11 is 0. The second-order valence-corrected chi connectivity index (χ2v) is 5.04. The Balaban J connectivity index is -0.000000200. The highest BCUT2D eigenvalue weighted by Gasteiger charge is 2.20. The minimum absolute atomic E-state index is 0.604. The summed E-state index contributed by atoms with van der Waals surface area (Å²) in [6, 6.07) is 0. The van der Waals surface area contributed by atoms with Crippen LogP contribution < -0.4 is 0 Å². The summed E-state index contributed by atoms with van der Waals surface area (Å²) in [5.74, 6) is -0.222. The number of hydrogen-bond donors (Lipinski definition) is 0. The maximum atomic E-state index is 10.0. The molecule has 0 aliphatic heterocycles. The quantitative estimate of drug-likeness (QED) is 0.547. The van der Waals surface area contributed by atoms with Gasteiger partial charge in [0.15, 0.2) is 6.29 Å². The minimum Gasteiger partial charge on any atom is -0.347 e. The maximum Gasteiger partial charge on any atom is 0.222 e. The zero-order valence-corrected chi connectivity index (χ0v) is 14.4. The molecule has 0 amide bonds. The van der Waals surface area contributed by atoms with E-state index in [-0.39, 0.29) is 0 Å². The third-order valence-corrected chi connectivity index (χ3v) is 2.27. The predicted molar refractivity (Wildman–Crippen MR) is 83.4 cm³/mol. The van der Waals surface area contributed by atoms with Gasteiger partial charge in [-0.15, -0.1) is 0 Å². The first kappa shape index (κ1) is 23.7. The first-order valence-corrected chi connectivity index (χ1v) is 7.48. The van der Waals surface area contributed by atoms with Crippen LogP contribution in [-0.4, -0.2) is 26.3 Å². The summed E-state index contributed by atoms with van der Waals surface area (Å²) in [5, 5.41) is 0. The Morgan fingerprint density at radius 1 is 0.895 bits per heavy atom. The number of ether oxygens (including phenoxy) is 2. The largest absolute Gasteiger partial charge is 0.347 e. The van der Waals surface area contributed by atoms with Gasteiger partial charge in [-0.2, -0.15) is 0 Å². The minimum atomic E-state index is -1.06. The molecule has 0 bridgehead atoms. The predicted octanol–water partition coefficient (Wildman–Crippen LogP) is 4.83. The molecule has 1 saturated carbocycles. The molecule has 0 radical (unpaired) electrons. The van der Waals surface area contributed by atoms with Crippen molar-refractivity contribution in [2.75, 3.05) is 14.2 Å². The Morgan fingerprint density at radius 2 is 1.11 bits per heavy atom. The maximum absolute atomic E-state index is 10.0. The molecule has 19 heavy (non-hydrogen) atoms. The summed E-state index contributed by atoms with van der Waals surface area (Å²) in [5.41, 5.74) is 0. The average molecular weight is 276 g/mol. The van der Waals surface area contributed by atoms with Crippen molar-refractivity contribution < 1.29 is 14.3 Å². The fraction of sp³-hybridized carbons (Fsp3) is 0.938. The van der Waals surface area contributed by atoms with E-state index in [0.717, 1.165) is 5.92 Å². The lowest BCUT2D eigenvalue weighted by atomic mass is 10.3. The molecule has 3 heteroatoms. The summed E-state index contributed by atoms with van der Waals surface area (Å²) in [7, 11) is 2.83. The Bertz CT molecular complexity index is 149. The van der Waals surface area contributed by atoms with Gasteiger partial charge < -0.3 is 9.47 Å². The molecule has 0 N–H and O–H groups in total. The van der Waals surface area contributed by atoms with Gasteiger partial charge in [0.05, 0.1) is 0 Å².